The molecule has 0 aromatic carbocycles. The van der Waals surface area contributed by atoms with E-state index in [0.29, 0.717) is 11.6 Å². The first-order valence-corrected chi connectivity index (χ1v) is 3.85. The predicted molar refractivity (Wildman–Crippen MR) is 47.7 cm³/mol. The van der Waals surface area contributed by atoms with Gasteiger partial charge in [-0.25, -0.2) is 4.98 Å². The maximum absolute atomic E-state index is 5.75. The lowest BCUT2D eigenvalue weighted by Crippen LogP contribution is -1.98. The number of aryl methyl sites for hydroxylation is 2. The number of nitrogens with zero attached hydrogens (tertiary/aromatic N) is 4. The maximum Gasteiger partial charge on any atom is 0.186 e. The second-order valence-corrected chi connectivity index (χ2v) is 2.81. The molecule has 0 saturated heterocycles. The van der Waals surface area contributed by atoms with Gasteiger partial charge in [0.05, 0.1) is 11.8 Å². The molecule has 3 N–H and O–H groups in total. The van der Waals surface area contributed by atoms with E-state index in [-0.39, 0.29) is 0 Å². The molecule has 2 aromatic heterocycles. The van der Waals surface area contributed by atoms with Crippen LogP contribution in [0.2, 0.25) is 0 Å². The summed E-state index contributed by atoms with van der Waals surface area (Å²) in [6.07, 6.45) is 1.65. The summed E-state index contributed by atoms with van der Waals surface area (Å²) in [6, 6.07) is 0. The monoisotopic (exact) mass is 178 g/mol. The molecular formula is C7H10N6. The van der Waals surface area contributed by atoms with Crippen LogP contribution in [0.3, 0.4) is 0 Å². The van der Waals surface area contributed by atoms with Crippen LogP contribution >= 0.6 is 0 Å². The van der Waals surface area contributed by atoms with Gasteiger partial charge in [-0.3, -0.25) is 9.78 Å². The van der Waals surface area contributed by atoms with Gasteiger partial charge in [0.1, 0.15) is 11.6 Å². The summed E-state index contributed by atoms with van der Waals surface area (Å²) in [7, 11) is 1.78. The van der Waals surface area contributed by atoms with Crippen LogP contribution in [0.4, 0.5) is 5.82 Å². The van der Waals surface area contributed by atoms with Gasteiger partial charge < -0.3 is 5.73 Å². The Morgan fingerprint density at radius 1 is 1.54 bits per heavy atom. The van der Waals surface area contributed by atoms with Crippen molar-refractivity contribution < 1.29 is 0 Å². The Labute approximate surface area is 74.8 Å². The fourth-order valence-corrected chi connectivity index (χ4v) is 1.08. The second-order valence-electron chi connectivity index (χ2n) is 2.81. The molecule has 6 heteroatoms. The molecular weight excluding hydrogens is 168 g/mol. The van der Waals surface area contributed by atoms with Crippen molar-refractivity contribution in [2.45, 2.75) is 6.92 Å². The number of aromatic nitrogens is 5. The number of aromatic amines is 1. The molecule has 0 saturated carbocycles. The van der Waals surface area contributed by atoms with Crippen molar-refractivity contribution >= 4 is 5.82 Å². The SMILES string of the molecule is Cc1nc(-c2cnn(C)c2N)n[nH]1. The first kappa shape index (κ1) is 7.78. The summed E-state index contributed by atoms with van der Waals surface area (Å²) in [5.41, 5.74) is 6.51. The summed E-state index contributed by atoms with van der Waals surface area (Å²) in [5.74, 6) is 1.92. The number of hydrogen-bond donors (Lipinski definition) is 2. The molecule has 68 valence electrons. The van der Waals surface area contributed by atoms with E-state index in [0.717, 1.165) is 11.4 Å². The maximum atomic E-state index is 5.75. The Kier molecular flexibility index (Phi) is 1.54. The Balaban J connectivity index is 2.52. The molecule has 0 aliphatic heterocycles. The topological polar surface area (TPSA) is 85.4 Å². The molecule has 0 atom stereocenters. The molecule has 0 aliphatic carbocycles. The smallest absolute Gasteiger partial charge is 0.186 e. The van der Waals surface area contributed by atoms with Crippen molar-refractivity contribution in [3.63, 3.8) is 0 Å². The fraction of sp³-hybridized carbons (Fsp3) is 0.286. The quantitative estimate of drug-likeness (QED) is 0.648. The molecule has 6 nitrogen and oxygen atoms in total. The van der Waals surface area contributed by atoms with E-state index in [1.807, 2.05) is 6.92 Å². The summed E-state index contributed by atoms with van der Waals surface area (Å²) in [4.78, 5) is 4.16. The Morgan fingerprint density at radius 3 is 2.77 bits per heavy atom. The standard InChI is InChI=1S/C7H10N6/c1-4-10-7(12-11-4)5-3-9-13(2)6(5)8/h3H,8H2,1-2H3,(H,10,11,12). The zero-order chi connectivity index (χ0) is 9.42. The van der Waals surface area contributed by atoms with E-state index in [2.05, 4.69) is 20.3 Å². The zero-order valence-electron chi connectivity index (χ0n) is 7.44. The molecule has 13 heavy (non-hydrogen) atoms. The van der Waals surface area contributed by atoms with Crippen LogP contribution in [-0.4, -0.2) is 25.0 Å². The van der Waals surface area contributed by atoms with Crippen LogP contribution in [0.5, 0.6) is 0 Å². The number of nitrogen functional groups attached to an aromatic ring is 1. The zero-order valence-corrected chi connectivity index (χ0v) is 7.44. The van der Waals surface area contributed by atoms with Gasteiger partial charge in [0.2, 0.25) is 0 Å². The number of H-pyrrole nitrogens is 1. The van der Waals surface area contributed by atoms with Gasteiger partial charge in [-0.05, 0) is 6.92 Å². The molecule has 0 spiro atoms. The van der Waals surface area contributed by atoms with Crippen molar-refractivity contribution in [2.75, 3.05) is 5.73 Å². The van der Waals surface area contributed by atoms with Gasteiger partial charge in [0, 0.05) is 7.05 Å². The molecule has 2 rings (SSSR count). The first-order valence-electron chi connectivity index (χ1n) is 3.85. The highest BCUT2D eigenvalue weighted by molar-refractivity contribution is 5.67. The molecule has 0 amide bonds. The average Bonchev–Trinajstić information content (AvgIpc) is 2.62. The van der Waals surface area contributed by atoms with E-state index >= 15 is 0 Å². The lowest BCUT2D eigenvalue weighted by Gasteiger charge is -1.94. The Hall–Kier alpha value is -1.85. The van der Waals surface area contributed by atoms with Crippen molar-refractivity contribution in [2.24, 2.45) is 7.05 Å². The minimum Gasteiger partial charge on any atom is -0.383 e. The van der Waals surface area contributed by atoms with Crippen molar-refractivity contribution in [1.29, 1.82) is 0 Å². The van der Waals surface area contributed by atoms with Crippen LogP contribution in [0.25, 0.3) is 11.4 Å². The number of nitrogens with two attached hydrogens (primary N) is 1. The van der Waals surface area contributed by atoms with Gasteiger partial charge in [-0.1, -0.05) is 0 Å². The van der Waals surface area contributed by atoms with E-state index in [1.165, 1.54) is 0 Å². The van der Waals surface area contributed by atoms with E-state index in [9.17, 15) is 0 Å². The summed E-state index contributed by atoms with van der Waals surface area (Å²) < 4.78 is 1.58. The number of anilines is 1. The normalized spacial score (nSPS) is 10.6. The number of nitrogens with one attached hydrogen (secondary N) is 1. The van der Waals surface area contributed by atoms with Gasteiger partial charge in [0.15, 0.2) is 5.82 Å². The minimum absolute atomic E-state index is 0.569. The molecule has 0 bridgehead atoms. The van der Waals surface area contributed by atoms with E-state index in [4.69, 9.17) is 5.73 Å². The Bertz CT molecular complexity index is 426. The summed E-state index contributed by atoms with van der Waals surface area (Å²) >= 11 is 0. The van der Waals surface area contributed by atoms with Crippen LogP contribution in [0.1, 0.15) is 5.82 Å². The van der Waals surface area contributed by atoms with Crippen molar-refractivity contribution in [3.05, 3.63) is 12.0 Å². The van der Waals surface area contributed by atoms with Crippen LogP contribution in [0.15, 0.2) is 6.20 Å². The third-order valence-corrected chi connectivity index (χ3v) is 1.82. The van der Waals surface area contributed by atoms with Crippen molar-refractivity contribution in [3.8, 4) is 11.4 Å². The molecule has 0 radical (unpaired) electrons. The fourth-order valence-electron chi connectivity index (χ4n) is 1.08. The molecule has 0 fully saturated rings. The third kappa shape index (κ3) is 1.16. The van der Waals surface area contributed by atoms with Gasteiger partial charge >= 0.3 is 0 Å². The molecule has 2 heterocycles. The van der Waals surface area contributed by atoms with Gasteiger partial charge in [-0.15, -0.1) is 0 Å². The summed E-state index contributed by atoms with van der Waals surface area (Å²) in [5, 5.41) is 10.7. The van der Waals surface area contributed by atoms with Crippen LogP contribution in [0, 0.1) is 6.92 Å². The third-order valence-electron chi connectivity index (χ3n) is 1.82. The second kappa shape index (κ2) is 2.58. The van der Waals surface area contributed by atoms with E-state index in [1.54, 1.807) is 17.9 Å². The molecule has 0 aliphatic rings. The van der Waals surface area contributed by atoms with E-state index < -0.39 is 0 Å². The highest BCUT2D eigenvalue weighted by atomic mass is 15.3. The molecule has 0 unspecified atom stereocenters. The number of rotatable bonds is 1. The first-order chi connectivity index (χ1) is 6.18. The largest absolute Gasteiger partial charge is 0.383 e. The summed E-state index contributed by atoms with van der Waals surface area (Å²) in [6.45, 7) is 1.84. The highest BCUT2D eigenvalue weighted by Gasteiger charge is 2.10. The van der Waals surface area contributed by atoms with Crippen molar-refractivity contribution in [1.82, 2.24) is 25.0 Å². The lowest BCUT2D eigenvalue weighted by atomic mass is 10.3. The number of hydrogen-bond acceptors (Lipinski definition) is 4. The molecule has 2 aromatic rings. The lowest BCUT2D eigenvalue weighted by molar-refractivity contribution is 0.779. The average molecular weight is 178 g/mol. The van der Waals surface area contributed by atoms with Crippen LogP contribution < -0.4 is 5.73 Å². The minimum atomic E-state index is 0.569. The Morgan fingerprint density at radius 2 is 2.31 bits per heavy atom. The van der Waals surface area contributed by atoms with Gasteiger partial charge in [-0.2, -0.15) is 10.2 Å². The predicted octanol–water partition coefficient (Wildman–Crippen LogP) is 0.0958. The van der Waals surface area contributed by atoms with Crippen LogP contribution in [-0.2, 0) is 7.05 Å². The van der Waals surface area contributed by atoms with Gasteiger partial charge in [0.25, 0.3) is 0 Å². The highest BCUT2D eigenvalue weighted by Crippen LogP contribution is 2.20.